The highest BCUT2D eigenvalue weighted by Crippen LogP contribution is 2.15. The maximum atomic E-state index is 10.6. The number of ether oxygens (including phenoxy) is 1. The van der Waals surface area contributed by atoms with Crippen LogP contribution in [0.25, 0.3) is 0 Å². The molecule has 8 heteroatoms. The van der Waals surface area contributed by atoms with E-state index in [1.807, 2.05) is 18.2 Å². The Balaban J connectivity index is 0.000000534. The molecular formula is C14H20F3NO4. The van der Waals surface area contributed by atoms with Gasteiger partial charge in [-0.1, -0.05) is 12.1 Å². The number of hydrogen-bond donors (Lipinski definition) is 3. The maximum absolute atomic E-state index is 10.6. The summed E-state index contributed by atoms with van der Waals surface area (Å²) in [5, 5.41) is 15.8. The van der Waals surface area contributed by atoms with Crippen LogP contribution in [0.1, 0.15) is 18.4 Å². The largest absolute Gasteiger partial charge is 0.491 e. The van der Waals surface area contributed by atoms with Crippen LogP contribution in [-0.4, -0.2) is 42.1 Å². The van der Waals surface area contributed by atoms with Gasteiger partial charge in [0, 0.05) is 0 Å². The fraction of sp³-hybridized carbons (Fsp3) is 0.500. The molecule has 0 radical (unpaired) electrons. The Morgan fingerprint density at radius 2 is 1.91 bits per heavy atom. The van der Waals surface area contributed by atoms with Gasteiger partial charge in [0.15, 0.2) is 0 Å². The smallest absolute Gasteiger partial charge is 0.490 e. The van der Waals surface area contributed by atoms with E-state index in [1.165, 1.54) is 5.56 Å². The maximum Gasteiger partial charge on any atom is 0.490 e. The first-order valence-electron chi connectivity index (χ1n) is 6.64. The number of nitrogens with two attached hydrogens (primary N) is 1. The number of carboxylic acids is 1. The highest BCUT2D eigenvalue weighted by molar-refractivity contribution is 5.73. The molecule has 0 aromatic heterocycles. The molecular weight excluding hydrogens is 303 g/mol. The van der Waals surface area contributed by atoms with Crippen LogP contribution >= 0.6 is 0 Å². The topological polar surface area (TPSA) is 92.8 Å². The standard InChI is InChI=1S/C12H19NO2.C2HF3O2/c13-7-2-1-4-11-5-3-6-12(10-11)15-9-8-14;3-2(4,5)1(6)7/h3,5-6,10,14H,1-2,4,7-9,13H2;(H,6,7). The van der Waals surface area contributed by atoms with Gasteiger partial charge in [0.2, 0.25) is 0 Å². The summed E-state index contributed by atoms with van der Waals surface area (Å²) in [6.07, 6.45) is -1.88. The van der Waals surface area contributed by atoms with Gasteiger partial charge in [-0.25, -0.2) is 4.79 Å². The van der Waals surface area contributed by atoms with E-state index < -0.39 is 12.1 Å². The molecule has 0 atom stereocenters. The van der Waals surface area contributed by atoms with Gasteiger partial charge in [-0.3, -0.25) is 0 Å². The van der Waals surface area contributed by atoms with E-state index in [9.17, 15) is 13.2 Å². The zero-order valence-electron chi connectivity index (χ0n) is 12.0. The van der Waals surface area contributed by atoms with Gasteiger partial charge < -0.3 is 20.7 Å². The number of alkyl halides is 3. The highest BCUT2D eigenvalue weighted by atomic mass is 19.4. The van der Waals surface area contributed by atoms with Gasteiger partial charge in [-0.15, -0.1) is 0 Å². The van der Waals surface area contributed by atoms with E-state index in [2.05, 4.69) is 6.07 Å². The number of aryl methyl sites for hydroxylation is 1. The predicted molar refractivity (Wildman–Crippen MR) is 74.7 cm³/mol. The summed E-state index contributed by atoms with van der Waals surface area (Å²) in [5.41, 5.74) is 6.70. The van der Waals surface area contributed by atoms with Crippen molar-refractivity contribution in [3.63, 3.8) is 0 Å². The molecule has 5 nitrogen and oxygen atoms in total. The summed E-state index contributed by atoms with van der Waals surface area (Å²) in [6.45, 7) is 1.16. The van der Waals surface area contributed by atoms with Crippen LogP contribution in [0.3, 0.4) is 0 Å². The van der Waals surface area contributed by atoms with Crippen molar-refractivity contribution >= 4 is 5.97 Å². The molecule has 0 aliphatic heterocycles. The van der Waals surface area contributed by atoms with E-state index in [0.29, 0.717) is 6.61 Å². The first-order chi connectivity index (χ1) is 10.3. The number of unbranched alkanes of at least 4 members (excludes halogenated alkanes) is 1. The molecule has 1 aromatic rings. The second-order valence-corrected chi connectivity index (χ2v) is 4.27. The summed E-state index contributed by atoms with van der Waals surface area (Å²) < 4.78 is 37.1. The lowest BCUT2D eigenvalue weighted by molar-refractivity contribution is -0.192. The van der Waals surface area contributed by atoms with Crippen LogP contribution in [0.15, 0.2) is 24.3 Å². The molecule has 1 aromatic carbocycles. The van der Waals surface area contributed by atoms with Crippen LogP contribution in [-0.2, 0) is 11.2 Å². The van der Waals surface area contributed by atoms with Crippen LogP contribution in [0.2, 0.25) is 0 Å². The number of rotatable bonds is 7. The third kappa shape index (κ3) is 10.0. The SMILES string of the molecule is NCCCCc1cccc(OCCO)c1.O=C(O)C(F)(F)F. The molecule has 22 heavy (non-hydrogen) atoms. The fourth-order valence-corrected chi connectivity index (χ4v) is 1.43. The molecule has 0 saturated carbocycles. The Bertz CT molecular complexity index is 438. The fourth-order valence-electron chi connectivity index (χ4n) is 1.43. The average molecular weight is 323 g/mol. The van der Waals surface area contributed by atoms with Crippen molar-refractivity contribution in [1.82, 2.24) is 0 Å². The molecule has 0 saturated heterocycles. The predicted octanol–water partition coefficient (Wildman–Crippen LogP) is 1.97. The number of hydrogen-bond acceptors (Lipinski definition) is 4. The Kier molecular flexibility index (Phi) is 9.97. The highest BCUT2D eigenvalue weighted by Gasteiger charge is 2.38. The molecule has 0 heterocycles. The number of carbonyl (C=O) groups is 1. The second-order valence-electron chi connectivity index (χ2n) is 4.27. The van der Waals surface area contributed by atoms with Crippen molar-refractivity contribution in [3.05, 3.63) is 29.8 Å². The van der Waals surface area contributed by atoms with E-state index in [-0.39, 0.29) is 6.61 Å². The molecule has 1 rings (SSSR count). The van der Waals surface area contributed by atoms with Crippen molar-refractivity contribution in [1.29, 1.82) is 0 Å². The minimum Gasteiger partial charge on any atom is -0.491 e. The number of benzene rings is 1. The average Bonchev–Trinajstić information content (AvgIpc) is 2.45. The number of carboxylic acid groups (broad SMARTS) is 1. The zero-order chi connectivity index (χ0) is 17.0. The Morgan fingerprint density at radius 3 is 2.41 bits per heavy atom. The zero-order valence-corrected chi connectivity index (χ0v) is 12.0. The van der Waals surface area contributed by atoms with Gasteiger partial charge >= 0.3 is 12.1 Å². The Hall–Kier alpha value is -1.80. The molecule has 4 N–H and O–H groups in total. The second kappa shape index (κ2) is 10.9. The Morgan fingerprint density at radius 1 is 1.27 bits per heavy atom. The number of halogens is 3. The normalized spacial score (nSPS) is 10.6. The summed E-state index contributed by atoms with van der Waals surface area (Å²) in [5.74, 6) is -1.93. The summed E-state index contributed by atoms with van der Waals surface area (Å²) in [7, 11) is 0. The van der Waals surface area contributed by atoms with Crippen molar-refractivity contribution in [2.45, 2.75) is 25.4 Å². The van der Waals surface area contributed by atoms with Gasteiger partial charge in [0.05, 0.1) is 6.61 Å². The van der Waals surface area contributed by atoms with Crippen LogP contribution in [0, 0.1) is 0 Å². The van der Waals surface area contributed by atoms with E-state index in [4.69, 9.17) is 25.5 Å². The minimum atomic E-state index is -5.08. The molecule has 126 valence electrons. The van der Waals surface area contributed by atoms with Crippen LogP contribution in [0.4, 0.5) is 13.2 Å². The van der Waals surface area contributed by atoms with E-state index >= 15 is 0 Å². The van der Waals surface area contributed by atoms with Gasteiger partial charge in [0.25, 0.3) is 0 Å². The lowest BCUT2D eigenvalue weighted by atomic mass is 10.1. The van der Waals surface area contributed by atoms with E-state index in [1.54, 1.807) is 0 Å². The summed E-state index contributed by atoms with van der Waals surface area (Å²) >= 11 is 0. The van der Waals surface area contributed by atoms with Crippen molar-refractivity contribution in [3.8, 4) is 5.75 Å². The molecule has 0 bridgehead atoms. The Labute approximate surface area is 126 Å². The molecule has 0 aliphatic rings. The summed E-state index contributed by atoms with van der Waals surface area (Å²) in [6, 6.07) is 7.99. The third-order valence-corrected chi connectivity index (χ3v) is 2.42. The van der Waals surface area contributed by atoms with Crippen LogP contribution in [0.5, 0.6) is 5.75 Å². The first-order valence-corrected chi connectivity index (χ1v) is 6.64. The minimum absolute atomic E-state index is 0.0530. The first kappa shape index (κ1) is 20.2. The number of aliphatic carboxylic acids is 1. The molecule has 0 aliphatic carbocycles. The van der Waals surface area contributed by atoms with Gasteiger partial charge in [0.1, 0.15) is 12.4 Å². The number of aliphatic hydroxyl groups excluding tert-OH is 1. The quantitative estimate of drug-likeness (QED) is 0.667. The van der Waals surface area contributed by atoms with Crippen molar-refractivity contribution in [2.24, 2.45) is 5.73 Å². The van der Waals surface area contributed by atoms with Gasteiger partial charge in [-0.05, 0) is 43.5 Å². The van der Waals surface area contributed by atoms with Crippen molar-refractivity contribution in [2.75, 3.05) is 19.8 Å². The summed E-state index contributed by atoms with van der Waals surface area (Å²) in [4.78, 5) is 8.90. The van der Waals surface area contributed by atoms with Gasteiger partial charge in [-0.2, -0.15) is 13.2 Å². The number of aliphatic hydroxyl groups is 1. The molecule has 0 unspecified atom stereocenters. The lowest BCUT2D eigenvalue weighted by Crippen LogP contribution is -2.21. The lowest BCUT2D eigenvalue weighted by Gasteiger charge is -2.06. The molecule has 0 fully saturated rings. The monoisotopic (exact) mass is 323 g/mol. The molecule has 0 amide bonds. The third-order valence-electron chi connectivity index (χ3n) is 2.42. The van der Waals surface area contributed by atoms with Crippen LogP contribution < -0.4 is 10.5 Å². The van der Waals surface area contributed by atoms with Crippen molar-refractivity contribution < 1.29 is 32.9 Å². The molecule has 0 spiro atoms. The van der Waals surface area contributed by atoms with E-state index in [0.717, 1.165) is 31.6 Å².